The van der Waals surface area contributed by atoms with Gasteiger partial charge in [0.2, 0.25) is 15.5 Å². The highest BCUT2D eigenvalue weighted by atomic mass is 32.2. The van der Waals surface area contributed by atoms with Crippen LogP contribution in [0.5, 0.6) is 0 Å². The summed E-state index contributed by atoms with van der Waals surface area (Å²) in [7, 11) is -2.03. The predicted octanol–water partition coefficient (Wildman–Crippen LogP) is 2.65. The second-order valence-electron chi connectivity index (χ2n) is 9.64. The topological polar surface area (TPSA) is 95.0 Å². The van der Waals surface area contributed by atoms with Gasteiger partial charge in [0.05, 0.1) is 16.1 Å². The summed E-state index contributed by atoms with van der Waals surface area (Å²) in [6.07, 6.45) is 2.19. The number of aromatic nitrogens is 1. The van der Waals surface area contributed by atoms with E-state index in [1.54, 1.807) is 43.7 Å². The minimum absolute atomic E-state index is 0.0270. The zero-order valence-corrected chi connectivity index (χ0v) is 23.5. The van der Waals surface area contributed by atoms with Crippen LogP contribution >= 0.6 is 0 Å². The third-order valence-electron chi connectivity index (χ3n) is 7.25. The highest BCUT2D eigenvalue weighted by molar-refractivity contribution is 7.89. The van der Waals surface area contributed by atoms with Gasteiger partial charge in [-0.15, -0.1) is 0 Å². The molecule has 0 unspecified atom stereocenters. The van der Waals surface area contributed by atoms with Crippen LogP contribution in [0, 0.1) is 5.82 Å². The number of fused-ring (bicyclic) bond motifs is 1. The summed E-state index contributed by atoms with van der Waals surface area (Å²) < 4.78 is 43.0. The summed E-state index contributed by atoms with van der Waals surface area (Å²) in [5.41, 5.74) is 0.645. The molecule has 3 aromatic rings. The molecule has 0 bridgehead atoms. The minimum Gasteiger partial charge on any atom is -0.367 e. The largest absolute Gasteiger partial charge is 0.367 e. The Kier molecular flexibility index (Phi) is 9.04. The first kappa shape index (κ1) is 28.7. The van der Waals surface area contributed by atoms with E-state index >= 15 is 0 Å². The molecular formula is C28H36FN5O4S. The number of benzene rings is 2. The Morgan fingerprint density at radius 1 is 1.05 bits per heavy atom. The highest BCUT2D eigenvalue weighted by Crippen LogP contribution is 2.21. The molecule has 1 N–H and O–H groups in total. The number of nitrogens with one attached hydrogen (secondary N) is 1. The molecule has 1 aliphatic rings. The van der Waals surface area contributed by atoms with Crippen molar-refractivity contribution in [3.05, 3.63) is 70.3 Å². The Morgan fingerprint density at radius 3 is 2.41 bits per heavy atom. The van der Waals surface area contributed by atoms with Crippen LogP contribution in [0.15, 0.2) is 58.4 Å². The van der Waals surface area contributed by atoms with Crippen LogP contribution in [-0.4, -0.2) is 80.5 Å². The van der Waals surface area contributed by atoms with E-state index in [0.717, 1.165) is 32.7 Å². The molecule has 0 atom stereocenters. The molecule has 2 heterocycles. The lowest BCUT2D eigenvalue weighted by molar-refractivity contribution is 0.0950. The van der Waals surface area contributed by atoms with Gasteiger partial charge >= 0.3 is 0 Å². The van der Waals surface area contributed by atoms with Crippen LogP contribution in [0.2, 0.25) is 0 Å². The van der Waals surface area contributed by atoms with E-state index in [-0.39, 0.29) is 21.7 Å². The molecule has 1 saturated heterocycles. The summed E-state index contributed by atoms with van der Waals surface area (Å²) in [5, 5.41) is 3.02. The van der Waals surface area contributed by atoms with E-state index < -0.39 is 21.4 Å². The van der Waals surface area contributed by atoms with Crippen molar-refractivity contribution in [1.29, 1.82) is 0 Å². The van der Waals surface area contributed by atoms with Gasteiger partial charge in [-0.25, -0.2) is 12.8 Å². The van der Waals surface area contributed by atoms with Gasteiger partial charge in [0.1, 0.15) is 11.4 Å². The molecule has 1 aliphatic heterocycles. The van der Waals surface area contributed by atoms with Crippen LogP contribution in [0.1, 0.15) is 30.6 Å². The number of nitrogens with zero attached hydrogens (tertiary/aromatic N) is 4. The van der Waals surface area contributed by atoms with Crippen molar-refractivity contribution in [2.45, 2.75) is 25.2 Å². The van der Waals surface area contributed by atoms with Gasteiger partial charge in [-0.2, -0.15) is 4.31 Å². The average molecular weight is 558 g/mol. The minimum atomic E-state index is -3.75. The quantitative estimate of drug-likeness (QED) is 0.385. The van der Waals surface area contributed by atoms with E-state index in [9.17, 15) is 22.4 Å². The third kappa shape index (κ3) is 6.15. The Labute approximate surface area is 228 Å². The van der Waals surface area contributed by atoms with E-state index in [2.05, 4.69) is 10.2 Å². The second kappa shape index (κ2) is 12.3. The number of hydrogen-bond acceptors (Lipinski definition) is 6. The van der Waals surface area contributed by atoms with Gasteiger partial charge in [-0.3, -0.25) is 14.5 Å². The fourth-order valence-corrected chi connectivity index (χ4v) is 6.51. The fraction of sp³-hybridized carbons (Fsp3) is 0.429. The van der Waals surface area contributed by atoms with Gasteiger partial charge < -0.3 is 14.8 Å². The normalized spacial score (nSPS) is 14.7. The van der Waals surface area contributed by atoms with Gasteiger partial charge in [-0.05, 0) is 43.3 Å². The zero-order chi connectivity index (χ0) is 28.2. The number of sulfonamides is 1. The molecule has 2 aromatic carbocycles. The number of aryl methyl sites for hydroxylation is 1. The SMILES string of the molecule is CCN(CC)S(=O)(=O)c1ccc2c(c1)c(=O)c(C(=O)NCCCN1CCN(c3ccccc3F)CC1)cn2C. The Hall–Kier alpha value is -3.28. The average Bonchev–Trinajstić information content (AvgIpc) is 2.94. The van der Waals surface area contributed by atoms with Gasteiger partial charge in [0.25, 0.3) is 5.91 Å². The fourth-order valence-electron chi connectivity index (χ4n) is 5.03. The molecule has 210 valence electrons. The van der Waals surface area contributed by atoms with Gasteiger partial charge in [0, 0.05) is 64.4 Å². The molecule has 1 amide bonds. The van der Waals surface area contributed by atoms with Crippen molar-refractivity contribution in [3.8, 4) is 0 Å². The molecular weight excluding hydrogens is 521 g/mol. The first-order valence-electron chi connectivity index (χ1n) is 13.3. The molecule has 1 aromatic heterocycles. The third-order valence-corrected chi connectivity index (χ3v) is 9.30. The number of anilines is 1. The first-order valence-corrected chi connectivity index (χ1v) is 14.7. The lowest BCUT2D eigenvalue weighted by Gasteiger charge is -2.36. The van der Waals surface area contributed by atoms with Crippen LogP contribution in [0.3, 0.4) is 0 Å². The molecule has 9 nitrogen and oxygen atoms in total. The van der Waals surface area contributed by atoms with Crippen molar-refractivity contribution in [2.75, 3.05) is 57.3 Å². The number of hydrogen-bond donors (Lipinski definition) is 1. The predicted molar refractivity (Wildman–Crippen MR) is 151 cm³/mol. The Morgan fingerprint density at radius 2 is 1.74 bits per heavy atom. The van der Waals surface area contributed by atoms with Crippen molar-refractivity contribution in [3.63, 3.8) is 0 Å². The summed E-state index contributed by atoms with van der Waals surface area (Å²) in [6, 6.07) is 11.2. The number of halogens is 1. The number of pyridine rings is 1. The maximum atomic E-state index is 14.1. The maximum absolute atomic E-state index is 14.1. The molecule has 0 saturated carbocycles. The number of rotatable bonds is 10. The van der Waals surface area contributed by atoms with Crippen molar-refractivity contribution >= 4 is 32.5 Å². The molecule has 0 aliphatic carbocycles. The summed E-state index contributed by atoms with van der Waals surface area (Å²) in [6.45, 7) is 8.37. The number of para-hydroxylation sites is 1. The molecule has 1 fully saturated rings. The summed E-state index contributed by atoms with van der Waals surface area (Å²) in [5.74, 6) is -0.700. The monoisotopic (exact) mass is 557 g/mol. The summed E-state index contributed by atoms with van der Waals surface area (Å²) >= 11 is 0. The van der Waals surface area contributed by atoms with E-state index in [1.807, 2.05) is 11.0 Å². The molecule has 11 heteroatoms. The first-order chi connectivity index (χ1) is 18.7. The molecule has 0 radical (unpaired) electrons. The zero-order valence-electron chi connectivity index (χ0n) is 22.7. The Bertz CT molecular complexity index is 1500. The number of carbonyl (C=O) groups is 1. The van der Waals surface area contributed by atoms with Crippen molar-refractivity contribution < 1.29 is 17.6 Å². The number of piperazine rings is 1. The van der Waals surface area contributed by atoms with Crippen LogP contribution in [0.4, 0.5) is 10.1 Å². The van der Waals surface area contributed by atoms with Crippen LogP contribution < -0.4 is 15.6 Å². The van der Waals surface area contributed by atoms with Gasteiger partial charge in [0.15, 0.2) is 0 Å². The number of carbonyl (C=O) groups excluding carboxylic acids is 1. The second-order valence-corrected chi connectivity index (χ2v) is 11.6. The van der Waals surface area contributed by atoms with Crippen LogP contribution in [0.25, 0.3) is 10.9 Å². The lowest BCUT2D eigenvalue weighted by atomic mass is 10.1. The Balaban J connectivity index is 1.37. The van der Waals surface area contributed by atoms with Crippen LogP contribution in [-0.2, 0) is 17.1 Å². The standard InChI is InChI=1S/C28H36FN5O4S/c1-4-34(5-2)39(37,38)21-11-12-25-22(19-21)27(35)23(20-31(25)3)28(36)30-13-8-14-32-15-17-33(18-16-32)26-10-7-6-9-24(26)29/h6-7,9-12,19-20H,4-5,8,13-18H2,1-3H3,(H,30,36). The molecule has 39 heavy (non-hydrogen) atoms. The van der Waals surface area contributed by atoms with E-state index in [1.165, 1.54) is 28.7 Å². The van der Waals surface area contributed by atoms with Crippen molar-refractivity contribution in [1.82, 2.24) is 19.1 Å². The number of amides is 1. The lowest BCUT2D eigenvalue weighted by Crippen LogP contribution is -2.47. The smallest absolute Gasteiger partial charge is 0.256 e. The molecule has 0 spiro atoms. The highest BCUT2D eigenvalue weighted by Gasteiger charge is 2.24. The van der Waals surface area contributed by atoms with E-state index in [0.29, 0.717) is 37.3 Å². The maximum Gasteiger partial charge on any atom is 0.256 e. The van der Waals surface area contributed by atoms with Gasteiger partial charge in [-0.1, -0.05) is 26.0 Å². The van der Waals surface area contributed by atoms with Crippen molar-refractivity contribution in [2.24, 2.45) is 7.05 Å². The van der Waals surface area contributed by atoms with E-state index in [4.69, 9.17) is 0 Å². The summed E-state index contributed by atoms with van der Waals surface area (Å²) in [4.78, 5) is 30.5. The molecule has 4 rings (SSSR count).